The Hall–Kier alpha value is -3.27. The number of rotatable bonds is 7. The third-order valence-corrected chi connectivity index (χ3v) is 6.96. The fourth-order valence-electron chi connectivity index (χ4n) is 4.03. The summed E-state index contributed by atoms with van der Waals surface area (Å²) in [5.74, 6) is -0.607. The highest BCUT2D eigenvalue weighted by molar-refractivity contribution is 7.20. The summed E-state index contributed by atoms with van der Waals surface area (Å²) in [6.07, 6.45) is 4.81. The molecule has 3 N–H and O–H groups in total. The molecule has 1 saturated carbocycles. The van der Waals surface area contributed by atoms with Gasteiger partial charge in [0.1, 0.15) is 33.4 Å². The number of thiophene rings is 1. The molecule has 174 valence electrons. The van der Waals surface area contributed by atoms with Crippen LogP contribution in [-0.4, -0.2) is 39.1 Å². The monoisotopic (exact) mass is 472 g/mol. The lowest BCUT2D eigenvalue weighted by Crippen LogP contribution is -2.39. The van der Waals surface area contributed by atoms with Crippen LogP contribution < -0.4 is 15.4 Å². The molecule has 1 fully saturated rings. The average molecular weight is 473 g/mol. The van der Waals surface area contributed by atoms with Crippen molar-refractivity contribution in [2.75, 3.05) is 5.32 Å². The number of hydrogen-bond acceptors (Lipinski definition) is 7. The van der Waals surface area contributed by atoms with Crippen molar-refractivity contribution in [2.45, 2.75) is 58.1 Å². The van der Waals surface area contributed by atoms with Gasteiger partial charge in [0.15, 0.2) is 0 Å². The van der Waals surface area contributed by atoms with Crippen LogP contribution >= 0.6 is 11.3 Å². The van der Waals surface area contributed by atoms with Gasteiger partial charge < -0.3 is 20.5 Å². The van der Waals surface area contributed by atoms with Crippen LogP contribution in [0.3, 0.4) is 0 Å². The number of nitrogens with zero attached hydrogens (tertiary/aromatic N) is 2. The van der Waals surface area contributed by atoms with Crippen molar-refractivity contribution in [1.82, 2.24) is 15.3 Å². The third-order valence-electron chi connectivity index (χ3n) is 5.77. The number of amides is 1. The zero-order chi connectivity index (χ0) is 23.5. The minimum Gasteiger partial charge on any atom is -0.488 e. The van der Waals surface area contributed by atoms with Crippen molar-refractivity contribution < 1.29 is 23.8 Å². The van der Waals surface area contributed by atoms with E-state index in [9.17, 15) is 19.1 Å². The first-order valence-electron chi connectivity index (χ1n) is 10.9. The molecule has 4 rings (SSSR count). The zero-order valence-electron chi connectivity index (χ0n) is 18.4. The molecule has 0 saturated heterocycles. The molecule has 1 aromatic carbocycles. The lowest BCUT2D eigenvalue weighted by atomic mass is 9.93. The van der Waals surface area contributed by atoms with Crippen molar-refractivity contribution in [3.05, 3.63) is 40.8 Å². The minimum atomic E-state index is -1.02. The van der Waals surface area contributed by atoms with Gasteiger partial charge in [-0.3, -0.25) is 4.79 Å². The molecular formula is C23H25FN4O4S. The number of carbonyl (C=O) groups excluding carboxylic acids is 1. The highest BCUT2D eigenvalue weighted by atomic mass is 32.1. The molecule has 0 bridgehead atoms. The second kappa shape index (κ2) is 9.70. The van der Waals surface area contributed by atoms with E-state index in [2.05, 4.69) is 20.6 Å². The predicted molar refractivity (Wildman–Crippen MR) is 124 cm³/mol. The van der Waals surface area contributed by atoms with E-state index < -0.39 is 11.8 Å². The molecule has 3 aromatic rings. The fraction of sp³-hybridized carbons (Fsp3) is 0.391. The summed E-state index contributed by atoms with van der Waals surface area (Å²) in [5, 5.41) is 16.3. The highest BCUT2D eigenvalue weighted by Crippen LogP contribution is 2.37. The number of ether oxygens (including phenoxy) is 1. The van der Waals surface area contributed by atoms with E-state index in [0.717, 1.165) is 37.0 Å². The summed E-state index contributed by atoms with van der Waals surface area (Å²) < 4.78 is 20.2. The number of carboxylic acid groups (broad SMARTS) is 1. The second-order valence-corrected chi connectivity index (χ2v) is 9.04. The number of anilines is 2. The molecule has 1 aliphatic rings. The molecule has 0 radical (unpaired) electrons. The largest absolute Gasteiger partial charge is 0.488 e. The van der Waals surface area contributed by atoms with E-state index in [1.54, 1.807) is 13.0 Å². The Labute approximate surface area is 194 Å². The molecule has 0 spiro atoms. The SMILES string of the molecule is CCC(=O)NC1CCC(Oc2cc(F)ccc2Nc2ncnc3sc(C(=O)O)c(C)c23)CC1. The number of carbonyl (C=O) groups is 2. The van der Waals surface area contributed by atoms with Crippen LogP contribution in [0, 0.1) is 12.7 Å². The molecule has 0 aliphatic heterocycles. The Morgan fingerprint density at radius 3 is 2.70 bits per heavy atom. The second-order valence-electron chi connectivity index (χ2n) is 8.04. The summed E-state index contributed by atoms with van der Waals surface area (Å²) in [6, 6.07) is 4.37. The first-order valence-corrected chi connectivity index (χ1v) is 11.7. The fourth-order valence-corrected chi connectivity index (χ4v) is 5.02. The van der Waals surface area contributed by atoms with Gasteiger partial charge in [-0.1, -0.05) is 6.92 Å². The van der Waals surface area contributed by atoms with Gasteiger partial charge >= 0.3 is 5.97 Å². The summed E-state index contributed by atoms with van der Waals surface area (Å²) in [6.45, 7) is 3.54. The van der Waals surface area contributed by atoms with Crippen molar-refractivity contribution >= 4 is 44.9 Å². The van der Waals surface area contributed by atoms with Crippen LogP contribution in [0.5, 0.6) is 5.75 Å². The number of halogens is 1. The number of aromatic nitrogens is 2. The standard InChI is InChI=1S/C23H25FN4O4S/c1-3-18(29)27-14-5-7-15(8-6-14)32-17-10-13(24)4-9-16(17)28-21-19-12(2)20(23(30)31)33-22(19)26-11-25-21/h4,9-11,14-15H,3,5-8H2,1-2H3,(H,27,29)(H,30,31)(H,25,26,28). The van der Waals surface area contributed by atoms with Gasteiger partial charge in [0.25, 0.3) is 0 Å². The van der Waals surface area contributed by atoms with Crippen molar-refractivity contribution in [1.29, 1.82) is 0 Å². The van der Waals surface area contributed by atoms with Gasteiger partial charge in [0, 0.05) is 18.5 Å². The Kier molecular flexibility index (Phi) is 6.73. The Morgan fingerprint density at radius 2 is 2.00 bits per heavy atom. The summed E-state index contributed by atoms with van der Waals surface area (Å²) in [4.78, 5) is 32.4. The average Bonchev–Trinajstić information content (AvgIpc) is 3.14. The van der Waals surface area contributed by atoms with E-state index >= 15 is 0 Å². The number of benzene rings is 1. The topological polar surface area (TPSA) is 113 Å². The molecule has 8 nitrogen and oxygen atoms in total. The molecule has 1 amide bonds. The van der Waals surface area contributed by atoms with Crippen LogP contribution in [0.25, 0.3) is 10.2 Å². The van der Waals surface area contributed by atoms with Gasteiger partial charge in [0.2, 0.25) is 5.91 Å². The minimum absolute atomic E-state index is 0.0435. The Morgan fingerprint density at radius 1 is 1.24 bits per heavy atom. The van der Waals surface area contributed by atoms with Crippen LogP contribution in [0.15, 0.2) is 24.5 Å². The Balaban J connectivity index is 1.54. The van der Waals surface area contributed by atoms with E-state index in [-0.39, 0.29) is 22.9 Å². The number of carboxylic acids is 1. The maximum absolute atomic E-state index is 14.0. The normalized spacial score (nSPS) is 18.2. The molecular weight excluding hydrogens is 447 g/mol. The molecule has 2 aromatic heterocycles. The number of fused-ring (bicyclic) bond motifs is 1. The maximum Gasteiger partial charge on any atom is 0.346 e. The Bertz CT molecular complexity index is 1190. The van der Waals surface area contributed by atoms with Crippen LogP contribution in [0.2, 0.25) is 0 Å². The third kappa shape index (κ3) is 5.05. The smallest absolute Gasteiger partial charge is 0.346 e. The lowest BCUT2D eigenvalue weighted by molar-refractivity contribution is -0.121. The summed E-state index contributed by atoms with van der Waals surface area (Å²) in [7, 11) is 0. The molecule has 1 aliphatic carbocycles. The van der Waals surface area contributed by atoms with Gasteiger partial charge in [-0.2, -0.15) is 0 Å². The number of aromatic carboxylic acids is 1. The van der Waals surface area contributed by atoms with E-state index in [1.807, 2.05) is 6.92 Å². The van der Waals surface area contributed by atoms with Crippen LogP contribution in [0.1, 0.15) is 54.3 Å². The summed E-state index contributed by atoms with van der Waals surface area (Å²) in [5.41, 5.74) is 1.10. The van der Waals surface area contributed by atoms with Gasteiger partial charge in [0.05, 0.1) is 17.2 Å². The predicted octanol–water partition coefficient (Wildman–Crippen LogP) is 4.80. The first-order chi connectivity index (χ1) is 15.9. The molecule has 2 heterocycles. The maximum atomic E-state index is 14.0. The first kappa shape index (κ1) is 22.9. The lowest BCUT2D eigenvalue weighted by Gasteiger charge is -2.30. The number of hydrogen-bond donors (Lipinski definition) is 3. The van der Waals surface area contributed by atoms with Crippen LogP contribution in [-0.2, 0) is 4.79 Å². The van der Waals surface area contributed by atoms with Gasteiger partial charge in [-0.05, 0) is 50.3 Å². The van der Waals surface area contributed by atoms with E-state index in [0.29, 0.717) is 39.5 Å². The summed E-state index contributed by atoms with van der Waals surface area (Å²) >= 11 is 1.09. The van der Waals surface area contributed by atoms with Crippen molar-refractivity contribution in [2.24, 2.45) is 0 Å². The quantitative estimate of drug-likeness (QED) is 0.453. The number of nitrogens with one attached hydrogen (secondary N) is 2. The van der Waals surface area contributed by atoms with Gasteiger partial charge in [-0.25, -0.2) is 19.2 Å². The van der Waals surface area contributed by atoms with Crippen molar-refractivity contribution in [3.63, 3.8) is 0 Å². The van der Waals surface area contributed by atoms with Gasteiger partial charge in [-0.15, -0.1) is 11.3 Å². The molecule has 0 atom stereocenters. The molecule has 33 heavy (non-hydrogen) atoms. The highest BCUT2D eigenvalue weighted by Gasteiger charge is 2.25. The van der Waals surface area contributed by atoms with E-state index in [1.165, 1.54) is 18.5 Å². The zero-order valence-corrected chi connectivity index (χ0v) is 19.2. The van der Waals surface area contributed by atoms with Crippen molar-refractivity contribution in [3.8, 4) is 5.75 Å². The number of aryl methyl sites for hydroxylation is 1. The molecule has 10 heteroatoms. The molecule has 0 unspecified atom stereocenters. The van der Waals surface area contributed by atoms with Crippen LogP contribution in [0.4, 0.5) is 15.9 Å². The van der Waals surface area contributed by atoms with E-state index in [4.69, 9.17) is 4.74 Å².